The number of nitrogens with one attached hydrogen (secondary N) is 2. The molecule has 5 fully saturated rings. The van der Waals surface area contributed by atoms with E-state index < -0.39 is 5.41 Å². The molecule has 138 valence electrons. The normalized spacial score (nSPS) is 35.8. The molecule has 0 atom stereocenters. The summed E-state index contributed by atoms with van der Waals surface area (Å²) in [6.45, 7) is 0. The van der Waals surface area contributed by atoms with Crippen LogP contribution in [0.2, 0.25) is 0 Å². The van der Waals surface area contributed by atoms with E-state index >= 15 is 0 Å². The molecule has 5 aliphatic carbocycles. The maximum absolute atomic E-state index is 12.7. The van der Waals surface area contributed by atoms with Gasteiger partial charge in [-0.1, -0.05) is 30.3 Å². The Morgan fingerprint density at radius 1 is 0.885 bits per heavy atom. The number of hydrogen-bond acceptors (Lipinski definition) is 2. The molecule has 1 aromatic rings. The Morgan fingerprint density at radius 3 is 2.00 bits per heavy atom. The summed E-state index contributed by atoms with van der Waals surface area (Å²) in [5.74, 6) is 2.45. The van der Waals surface area contributed by atoms with Crippen molar-refractivity contribution in [1.82, 2.24) is 10.9 Å². The summed E-state index contributed by atoms with van der Waals surface area (Å²) >= 11 is 0. The predicted octanol–water partition coefficient (Wildman–Crippen LogP) is 3.47. The third kappa shape index (κ3) is 2.74. The van der Waals surface area contributed by atoms with E-state index in [1.54, 1.807) is 0 Å². The minimum absolute atomic E-state index is 0.0100. The quantitative estimate of drug-likeness (QED) is 0.815. The first-order valence-electron chi connectivity index (χ1n) is 10.2. The maximum Gasteiger partial charge on any atom is 0.249 e. The van der Waals surface area contributed by atoms with E-state index in [0.29, 0.717) is 6.42 Å². The summed E-state index contributed by atoms with van der Waals surface area (Å²) in [7, 11) is 0. The highest BCUT2D eigenvalue weighted by molar-refractivity contribution is 5.92. The van der Waals surface area contributed by atoms with Crippen molar-refractivity contribution < 1.29 is 9.59 Å². The van der Waals surface area contributed by atoms with Gasteiger partial charge in [0.2, 0.25) is 11.8 Å². The van der Waals surface area contributed by atoms with Gasteiger partial charge in [0.15, 0.2) is 0 Å². The Balaban J connectivity index is 1.19. The van der Waals surface area contributed by atoms with Gasteiger partial charge in [0.05, 0.1) is 5.41 Å². The lowest BCUT2D eigenvalue weighted by Crippen LogP contribution is -2.51. The summed E-state index contributed by atoms with van der Waals surface area (Å²) in [5, 5.41) is 0. The molecule has 0 heterocycles. The van der Waals surface area contributed by atoms with Gasteiger partial charge < -0.3 is 0 Å². The number of amides is 2. The zero-order valence-corrected chi connectivity index (χ0v) is 15.3. The van der Waals surface area contributed by atoms with E-state index in [0.717, 1.165) is 36.2 Å². The third-order valence-electron chi connectivity index (χ3n) is 7.53. The third-order valence-corrected chi connectivity index (χ3v) is 7.53. The van der Waals surface area contributed by atoms with Crippen LogP contribution in [0.15, 0.2) is 30.3 Å². The first-order valence-corrected chi connectivity index (χ1v) is 10.2. The molecule has 4 nitrogen and oxygen atoms in total. The van der Waals surface area contributed by atoms with Crippen molar-refractivity contribution in [2.24, 2.45) is 23.2 Å². The molecule has 0 unspecified atom stereocenters. The fourth-order valence-corrected chi connectivity index (χ4v) is 6.67. The van der Waals surface area contributed by atoms with Crippen molar-refractivity contribution in [3.8, 4) is 0 Å². The first-order chi connectivity index (χ1) is 12.6. The topological polar surface area (TPSA) is 58.2 Å². The molecule has 0 aromatic heterocycles. The van der Waals surface area contributed by atoms with Gasteiger partial charge in [0.25, 0.3) is 0 Å². The summed E-state index contributed by atoms with van der Waals surface area (Å²) < 4.78 is 0. The van der Waals surface area contributed by atoms with Gasteiger partial charge in [-0.15, -0.1) is 0 Å². The molecular weight excluding hydrogens is 324 g/mol. The Morgan fingerprint density at radius 2 is 1.46 bits per heavy atom. The Kier molecular flexibility index (Phi) is 3.67. The van der Waals surface area contributed by atoms with Crippen molar-refractivity contribution in [2.75, 3.05) is 0 Å². The highest BCUT2D eigenvalue weighted by Gasteiger charge is 2.53. The van der Waals surface area contributed by atoms with Crippen molar-refractivity contribution >= 4 is 11.8 Å². The zero-order valence-electron chi connectivity index (χ0n) is 15.3. The second-order valence-corrected chi connectivity index (χ2v) is 9.54. The first kappa shape index (κ1) is 16.3. The van der Waals surface area contributed by atoms with Crippen LogP contribution in [0, 0.1) is 23.2 Å². The van der Waals surface area contributed by atoms with Crippen LogP contribution in [-0.4, -0.2) is 11.8 Å². The van der Waals surface area contributed by atoms with Gasteiger partial charge >= 0.3 is 0 Å². The number of benzene rings is 1. The van der Waals surface area contributed by atoms with E-state index in [1.807, 2.05) is 30.3 Å². The smallest absolute Gasteiger partial charge is 0.249 e. The summed E-state index contributed by atoms with van der Waals surface area (Å²) in [6.07, 6.45) is 10.1. The molecule has 4 heteroatoms. The second kappa shape index (κ2) is 5.83. The van der Waals surface area contributed by atoms with Crippen LogP contribution in [-0.2, 0) is 15.0 Å². The van der Waals surface area contributed by atoms with Gasteiger partial charge in [-0.25, -0.2) is 0 Å². The average Bonchev–Trinajstić information content (AvgIpc) is 3.41. The molecular formula is C22H28N2O2. The minimum atomic E-state index is -0.435. The van der Waals surface area contributed by atoms with Gasteiger partial charge in [-0.05, 0) is 80.1 Å². The van der Waals surface area contributed by atoms with E-state index in [9.17, 15) is 9.59 Å². The number of rotatable bonds is 4. The van der Waals surface area contributed by atoms with Crippen LogP contribution >= 0.6 is 0 Å². The Bertz CT molecular complexity index is 688. The fraction of sp³-hybridized carbons (Fsp3) is 0.636. The van der Waals surface area contributed by atoms with Crippen LogP contribution in [0.25, 0.3) is 0 Å². The Hall–Kier alpha value is -1.84. The van der Waals surface area contributed by atoms with Crippen LogP contribution in [0.5, 0.6) is 0 Å². The molecule has 0 radical (unpaired) electrons. The van der Waals surface area contributed by atoms with Crippen LogP contribution in [0.3, 0.4) is 0 Å². The molecule has 26 heavy (non-hydrogen) atoms. The van der Waals surface area contributed by atoms with Gasteiger partial charge in [-0.2, -0.15) is 0 Å². The van der Waals surface area contributed by atoms with E-state index in [2.05, 4.69) is 10.9 Å². The number of carbonyl (C=O) groups excluding carboxylic acids is 2. The number of carbonyl (C=O) groups is 2. The highest BCUT2D eigenvalue weighted by atomic mass is 16.2. The maximum atomic E-state index is 12.7. The van der Waals surface area contributed by atoms with Gasteiger partial charge in [0.1, 0.15) is 0 Å². The lowest BCUT2D eigenvalue weighted by Gasteiger charge is -2.56. The fourth-order valence-electron chi connectivity index (χ4n) is 6.67. The second-order valence-electron chi connectivity index (χ2n) is 9.54. The summed E-state index contributed by atoms with van der Waals surface area (Å²) in [5.41, 5.74) is 6.28. The molecule has 6 rings (SSSR count). The standard InChI is InChI=1S/C22H28N2O2/c25-19(14-21-11-15-8-16(12-21)10-17(9-15)13-21)23-24-20(26)22(6-7-22)18-4-2-1-3-5-18/h1-5,15-17H,6-14H2,(H,23,25)(H,24,26). The average molecular weight is 352 g/mol. The van der Waals surface area contributed by atoms with E-state index in [-0.39, 0.29) is 17.2 Å². The van der Waals surface area contributed by atoms with Crippen molar-refractivity contribution in [2.45, 2.75) is 63.2 Å². The summed E-state index contributed by atoms with van der Waals surface area (Å²) in [4.78, 5) is 25.3. The molecule has 1 aromatic carbocycles. The molecule has 2 N–H and O–H groups in total. The van der Waals surface area contributed by atoms with Crippen LogP contribution in [0.4, 0.5) is 0 Å². The summed E-state index contributed by atoms with van der Waals surface area (Å²) in [6, 6.07) is 9.90. The minimum Gasteiger partial charge on any atom is -0.273 e. The number of hydrogen-bond donors (Lipinski definition) is 2. The monoisotopic (exact) mass is 352 g/mol. The predicted molar refractivity (Wildman–Crippen MR) is 98.9 cm³/mol. The highest BCUT2D eigenvalue weighted by Crippen LogP contribution is 2.61. The molecule has 2 amide bonds. The number of hydrazine groups is 1. The molecule has 0 spiro atoms. The van der Waals surface area contributed by atoms with Crippen molar-refractivity contribution in [3.05, 3.63) is 35.9 Å². The molecule has 4 bridgehead atoms. The van der Waals surface area contributed by atoms with E-state index in [1.165, 1.54) is 38.5 Å². The lowest BCUT2D eigenvalue weighted by molar-refractivity contribution is -0.135. The van der Waals surface area contributed by atoms with E-state index in [4.69, 9.17) is 0 Å². The van der Waals surface area contributed by atoms with Crippen molar-refractivity contribution in [1.29, 1.82) is 0 Å². The van der Waals surface area contributed by atoms with Crippen LogP contribution in [0.1, 0.15) is 63.4 Å². The van der Waals surface area contributed by atoms with Crippen LogP contribution < -0.4 is 10.9 Å². The lowest BCUT2D eigenvalue weighted by atomic mass is 9.49. The van der Waals surface area contributed by atoms with Gasteiger partial charge in [-0.3, -0.25) is 20.4 Å². The van der Waals surface area contributed by atoms with Gasteiger partial charge in [0, 0.05) is 6.42 Å². The molecule has 5 aliphatic rings. The van der Waals surface area contributed by atoms with Crippen molar-refractivity contribution in [3.63, 3.8) is 0 Å². The molecule has 0 aliphatic heterocycles. The zero-order chi connectivity index (χ0) is 17.8. The Labute approximate surface area is 155 Å². The molecule has 5 saturated carbocycles. The largest absolute Gasteiger partial charge is 0.273 e. The SMILES string of the molecule is O=C(CC12CC3CC(CC(C3)C1)C2)NNC(=O)C1(c2ccccc2)CC1. The molecule has 0 saturated heterocycles.